The molecule has 0 radical (unpaired) electrons. The Kier molecular flexibility index (Phi) is 5.53. The van der Waals surface area contributed by atoms with Gasteiger partial charge in [-0.3, -0.25) is 0 Å². The lowest BCUT2D eigenvalue weighted by atomic mass is 9.85. The molecular weight excluding hydrogens is 351 g/mol. The van der Waals surface area contributed by atoms with E-state index in [0.717, 1.165) is 27.8 Å². The van der Waals surface area contributed by atoms with Crippen molar-refractivity contribution in [2.75, 3.05) is 0 Å². The Morgan fingerprint density at radius 1 is 0.593 bits per heavy atom. The molecule has 0 amide bonds. The van der Waals surface area contributed by atoms with Crippen molar-refractivity contribution in [1.29, 1.82) is 0 Å². The molecule has 0 aliphatic carbocycles. The Bertz CT molecular complexity index is 973. The molecule has 0 heterocycles. The van der Waals surface area contributed by atoms with Crippen molar-refractivity contribution in [3.05, 3.63) is 75.8 Å². The number of aryl methyl sites for hydroxylation is 6. The van der Waals surface area contributed by atoms with Gasteiger partial charge in [-0.25, -0.2) is 0 Å². The van der Waals surface area contributed by atoms with E-state index in [4.69, 9.17) is 0 Å². The average Bonchev–Trinajstić information content (AvgIpc) is 2.53. The average molecular weight is 378 g/mol. The van der Waals surface area contributed by atoms with Crippen LogP contribution in [-0.4, -0.2) is 9.79 Å². The standard InChI is InChI=1S/C24H27O2P/c1-14-10-16(3)22(17(4)11-14)20-8-7-9-21(27(25)26)24(20)23-18(5)12-15(2)13-19(23)6/h7-13,25-26H,1-6H3. The molecule has 0 atom stereocenters. The highest BCUT2D eigenvalue weighted by Gasteiger charge is 2.22. The summed E-state index contributed by atoms with van der Waals surface area (Å²) in [6.45, 7) is 12.7. The minimum Gasteiger partial charge on any atom is -0.347 e. The summed E-state index contributed by atoms with van der Waals surface area (Å²) in [6.07, 6.45) is 0. The zero-order valence-electron chi connectivity index (χ0n) is 16.9. The van der Waals surface area contributed by atoms with Crippen molar-refractivity contribution in [3.8, 4) is 22.3 Å². The van der Waals surface area contributed by atoms with Crippen LogP contribution in [0.2, 0.25) is 0 Å². The Morgan fingerprint density at radius 3 is 1.48 bits per heavy atom. The largest absolute Gasteiger partial charge is 0.347 e. The minimum absolute atomic E-state index is 0.608. The lowest BCUT2D eigenvalue weighted by molar-refractivity contribution is 0.497. The van der Waals surface area contributed by atoms with Gasteiger partial charge in [-0.2, -0.15) is 0 Å². The summed E-state index contributed by atoms with van der Waals surface area (Å²) in [5.41, 5.74) is 11.4. The van der Waals surface area contributed by atoms with Crippen molar-refractivity contribution < 1.29 is 9.79 Å². The number of benzene rings is 3. The van der Waals surface area contributed by atoms with Crippen LogP contribution in [0.3, 0.4) is 0 Å². The Balaban J connectivity index is 2.45. The maximum atomic E-state index is 10.2. The molecule has 0 aromatic heterocycles. The van der Waals surface area contributed by atoms with E-state index >= 15 is 0 Å². The van der Waals surface area contributed by atoms with Gasteiger partial charge in [-0.1, -0.05) is 47.5 Å². The first kappa shape index (κ1) is 19.8. The fourth-order valence-corrected chi connectivity index (χ4v) is 5.01. The second-order valence-corrected chi connectivity index (χ2v) is 8.60. The molecule has 3 rings (SSSR count). The van der Waals surface area contributed by atoms with E-state index in [1.54, 1.807) is 0 Å². The van der Waals surface area contributed by atoms with E-state index in [-0.39, 0.29) is 0 Å². The second-order valence-electron chi connectivity index (χ2n) is 7.54. The smallest absolute Gasteiger partial charge is 0.200 e. The summed E-state index contributed by atoms with van der Waals surface area (Å²) in [6, 6.07) is 14.6. The Labute approximate surface area is 163 Å². The van der Waals surface area contributed by atoms with Gasteiger partial charge >= 0.3 is 0 Å². The Morgan fingerprint density at radius 2 is 1.04 bits per heavy atom. The molecule has 2 nitrogen and oxygen atoms in total. The van der Waals surface area contributed by atoms with Crippen molar-refractivity contribution in [2.45, 2.75) is 41.5 Å². The zero-order valence-corrected chi connectivity index (χ0v) is 17.8. The van der Waals surface area contributed by atoms with Crippen LogP contribution in [0, 0.1) is 41.5 Å². The van der Waals surface area contributed by atoms with Crippen LogP contribution in [0.1, 0.15) is 33.4 Å². The zero-order chi connectivity index (χ0) is 19.9. The number of hydrogen-bond acceptors (Lipinski definition) is 2. The van der Waals surface area contributed by atoms with Gasteiger partial charge < -0.3 is 9.79 Å². The van der Waals surface area contributed by atoms with Gasteiger partial charge in [-0.05, 0) is 86.6 Å². The highest BCUT2D eigenvalue weighted by molar-refractivity contribution is 7.54. The topological polar surface area (TPSA) is 40.5 Å². The molecule has 0 aliphatic rings. The fraction of sp³-hybridized carbons (Fsp3) is 0.250. The predicted molar refractivity (Wildman–Crippen MR) is 117 cm³/mol. The normalized spacial score (nSPS) is 11.3. The van der Waals surface area contributed by atoms with Crippen molar-refractivity contribution in [2.24, 2.45) is 0 Å². The van der Waals surface area contributed by atoms with Crippen LogP contribution in [0.5, 0.6) is 0 Å². The summed E-state index contributed by atoms with van der Waals surface area (Å²) in [5.74, 6) is 0. The van der Waals surface area contributed by atoms with E-state index in [1.807, 2.05) is 12.1 Å². The van der Waals surface area contributed by atoms with Gasteiger partial charge in [0.1, 0.15) is 0 Å². The summed E-state index contributed by atoms with van der Waals surface area (Å²) in [4.78, 5) is 20.4. The molecule has 3 heteroatoms. The van der Waals surface area contributed by atoms with Crippen LogP contribution in [-0.2, 0) is 0 Å². The van der Waals surface area contributed by atoms with E-state index in [0.29, 0.717) is 5.30 Å². The third-order valence-electron chi connectivity index (χ3n) is 5.13. The molecular formula is C24H27O2P. The molecule has 2 N–H and O–H groups in total. The van der Waals surface area contributed by atoms with Crippen LogP contribution in [0.25, 0.3) is 22.3 Å². The van der Waals surface area contributed by atoms with Gasteiger partial charge in [0.25, 0.3) is 0 Å². The summed E-state index contributed by atoms with van der Waals surface area (Å²) < 4.78 is 0. The predicted octanol–water partition coefficient (Wildman–Crippen LogP) is 5.79. The first-order valence-electron chi connectivity index (χ1n) is 9.18. The maximum Gasteiger partial charge on any atom is 0.200 e. The quantitative estimate of drug-likeness (QED) is 0.566. The van der Waals surface area contributed by atoms with Crippen molar-refractivity contribution >= 4 is 13.7 Å². The fourth-order valence-electron chi connectivity index (χ4n) is 4.36. The van der Waals surface area contributed by atoms with Crippen LogP contribution < -0.4 is 5.30 Å². The first-order valence-corrected chi connectivity index (χ1v) is 10.4. The molecule has 0 saturated heterocycles. The van der Waals surface area contributed by atoms with Gasteiger partial charge in [0, 0.05) is 10.9 Å². The van der Waals surface area contributed by atoms with Crippen LogP contribution >= 0.6 is 8.38 Å². The minimum atomic E-state index is -2.20. The van der Waals surface area contributed by atoms with E-state index in [9.17, 15) is 9.79 Å². The van der Waals surface area contributed by atoms with Gasteiger partial charge in [0.2, 0.25) is 0 Å². The van der Waals surface area contributed by atoms with Crippen LogP contribution in [0.15, 0.2) is 42.5 Å². The molecule has 3 aromatic rings. The van der Waals surface area contributed by atoms with Crippen molar-refractivity contribution in [1.82, 2.24) is 0 Å². The maximum absolute atomic E-state index is 10.2. The summed E-state index contributed by atoms with van der Waals surface area (Å²) >= 11 is 0. The monoisotopic (exact) mass is 378 g/mol. The summed E-state index contributed by atoms with van der Waals surface area (Å²) in [7, 11) is -2.20. The third kappa shape index (κ3) is 3.71. The van der Waals surface area contributed by atoms with Gasteiger partial charge in [0.15, 0.2) is 8.38 Å². The summed E-state index contributed by atoms with van der Waals surface area (Å²) in [5, 5.41) is 0.608. The van der Waals surface area contributed by atoms with Crippen LogP contribution in [0.4, 0.5) is 0 Å². The van der Waals surface area contributed by atoms with Gasteiger partial charge in [0.05, 0.1) is 0 Å². The third-order valence-corrected chi connectivity index (χ3v) is 5.93. The second kappa shape index (κ2) is 7.56. The molecule has 0 fully saturated rings. The van der Waals surface area contributed by atoms with Crippen molar-refractivity contribution in [3.63, 3.8) is 0 Å². The Hall–Kier alpha value is -1.99. The highest BCUT2D eigenvalue weighted by Crippen LogP contribution is 2.42. The molecule has 27 heavy (non-hydrogen) atoms. The lowest BCUT2D eigenvalue weighted by Crippen LogP contribution is -2.09. The molecule has 3 aromatic carbocycles. The SMILES string of the molecule is Cc1cc(C)c(-c2cccc(P(O)O)c2-c2c(C)cc(C)cc2C)c(C)c1. The number of hydrogen-bond donors (Lipinski definition) is 2. The first-order chi connectivity index (χ1) is 12.7. The molecule has 0 spiro atoms. The molecule has 0 saturated carbocycles. The highest BCUT2D eigenvalue weighted by atomic mass is 31.2. The molecule has 0 unspecified atom stereocenters. The lowest BCUT2D eigenvalue weighted by Gasteiger charge is -2.22. The van der Waals surface area contributed by atoms with E-state index < -0.39 is 8.38 Å². The molecule has 0 bridgehead atoms. The van der Waals surface area contributed by atoms with Gasteiger partial charge in [-0.15, -0.1) is 0 Å². The number of rotatable bonds is 3. The van der Waals surface area contributed by atoms with E-state index in [2.05, 4.69) is 71.9 Å². The van der Waals surface area contributed by atoms with E-state index in [1.165, 1.54) is 27.8 Å². The molecule has 0 aliphatic heterocycles. The molecule has 140 valence electrons.